The molecule has 90 valence electrons. The Balaban J connectivity index is 2.07. The molecule has 0 atom stereocenters. The first-order valence-electron chi connectivity index (χ1n) is 5.41. The number of aryl methyl sites for hydroxylation is 1. The summed E-state index contributed by atoms with van der Waals surface area (Å²) in [7, 11) is 0. The number of hydrogen-bond acceptors (Lipinski definition) is 5. The van der Waals surface area contributed by atoms with Gasteiger partial charge in [0.2, 0.25) is 0 Å². The van der Waals surface area contributed by atoms with Crippen molar-refractivity contribution in [2.75, 3.05) is 13.1 Å². The summed E-state index contributed by atoms with van der Waals surface area (Å²) in [5, 5.41) is 13.4. The van der Waals surface area contributed by atoms with Gasteiger partial charge in [-0.2, -0.15) is 0 Å². The highest BCUT2D eigenvalue weighted by Gasteiger charge is 2.19. The fraction of sp³-hybridized carbons (Fsp3) is 0.364. The second kappa shape index (κ2) is 4.82. The van der Waals surface area contributed by atoms with Crippen molar-refractivity contribution in [3.63, 3.8) is 0 Å². The highest BCUT2D eigenvalue weighted by Crippen LogP contribution is 2.12. The lowest BCUT2D eigenvalue weighted by molar-refractivity contribution is -0.404. The van der Waals surface area contributed by atoms with Gasteiger partial charge in [0, 0.05) is 31.5 Å². The molecule has 6 heteroatoms. The Morgan fingerprint density at radius 2 is 2.47 bits per heavy atom. The van der Waals surface area contributed by atoms with Crippen LogP contribution in [0.25, 0.3) is 0 Å². The van der Waals surface area contributed by atoms with E-state index in [4.69, 9.17) is 0 Å². The molecule has 0 amide bonds. The van der Waals surface area contributed by atoms with Crippen LogP contribution in [0.2, 0.25) is 0 Å². The highest BCUT2D eigenvalue weighted by molar-refractivity contribution is 5.15. The van der Waals surface area contributed by atoms with Gasteiger partial charge in [-0.15, -0.1) is 0 Å². The molecule has 0 spiro atoms. The van der Waals surface area contributed by atoms with Crippen molar-refractivity contribution in [2.45, 2.75) is 13.5 Å². The molecule has 1 aliphatic rings. The van der Waals surface area contributed by atoms with Gasteiger partial charge in [-0.25, -0.2) is 0 Å². The van der Waals surface area contributed by atoms with Crippen molar-refractivity contribution in [1.82, 2.24) is 15.2 Å². The van der Waals surface area contributed by atoms with Gasteiger partial charge in [0.25, 0.3) is 6.20 Å². The molecule has 1 aliphatic heterocycles. The van der Waals surface area contributed by atoms with Crippen molar-refractivity contribution < 1.29 is 4.92 Å². The minimum Gasteiger partial charge on any atom is -0.365 e. The molecule has 1 fully saturated rings. The standard InChI is InChI=1S/C11H14N4O2/c1-9-2-3-10(6-13-9)7-14-5-4-12-11(14)8-15(16)17/h2-3,6,8,12H,4-5,7H2,1H3. The second-order valence-corrected chi connectivity index (χ2v) is 3.96. The van der Waals surface area contributed by atoms with Crippen molar-refractivity contribution in [3.05, 3.63) is 51.7 Å². The fourth-order valence-corrected chi connectivity index (χ4v) is 1.75. The van der Waals surface area contributed by atoms with Crippen LogP contribution in [0, 0.1) is 17.0 Å². The van der Waals surface area contributed by atoms with E-state index in [0.717, 1.165) is 30.5 Å². The van der Waals surface area contributed by atoms with Crippen LogP contribution < -0.4 is 5.32 Å². The van der Waals surface area contributed by atoms with Crippen LogP contribution in [0.3, 0.4) is 0 Å². The quantitative estimate of drug-likeness (QED) is 0.620. The van der Waals surface area contributed by atoms with E-state index in [-0.39, 0.29) is 0 Å². The topological polar surface area (TPSA) is 71.3 Å². The lowest BCUT2D eigenvalue weighted by Gasteiger charge is -2.16. The number of aromatic nitrogens is 1. The third kappa shape index (κ3) is 2.93. The van der Waals surface area contributed by atoms with Crippen molar-refractivity contribution >= 4 is 0 Å². The molecule has 17 heavy (non-hydrogen) atoms. The number of hydrogen-bond donors (Lipinski definition) is 1. The first-order chi connectivity index (χ1) is 8.15. The molecular formula is C11H14N4O2. The molecule has 0 aliphatic carbocycles. The Kier molecular flexibility index (Phi) is 3.22. The third-order valence-corrected chi connectivity index (χ3v) is 2.60. The number of rotatable bonds is 3. The van der Waals surface area contributed by atoms with E-state index < -0.39 is 4.92 Å². The summed E-state index contributed by atoms with van der Waals surface area (Å²) in [5.74, 6) is 0.565. The molecule has 2 heterocycles. The summed E-state index contributed by atoms with van der Waals surface area (Å²) in [6.07, 6.45) is 2.81. The van der Waals surface area contributed by atoms with Crippen LogP contribution in [0.4, 0.5) is 0 Å². The summed E-state index contributed by atoms with van der Waals surface area (Å²) in [6, 6.07) is 3.93. The molecule has 1 N–H and O–H groups in total. The minimum absolute atomic E-state index is 0.436. The zero-order valence-corrected chi connectivity index (χ0v) is 9.59. The number of nitrogens with one attached hydrogen (secondary N) is 1. The van der Waals surface area contributed by atoms with E-state index in [1.165, 1.54) is 0 Å². The van der Waals surface area contributed by atoms with Crippen molar-refractivity contribution in [1.29, 1.82) is 0 Å². The third-order valence-electron chi connectivity index (χ3n) is 2.60. The van der Waals surface area contributed by atoms with Gasteiger partial charge in [-0.1, -0.05) is 6.07 Å². The fourth-order valence-electron chi connectivity index (χ4n) is 1.75. The van der Waals surface area contributed by atoms with Crippen LogP contribution in [0.5, 0.6) is 0 Å². The lowest BCUT2D eigenvalue weighted by atomic mass is 10.2. The molecule has 0 bridgehead atoms. The first kappa shape index (κ1) is 11.4. The highest BCUT2D eigenvalue weighted by atomic mass is 16.6. The Morgan fingerprint density at radius 3 is 3.12 bits per heavy atom. The van der Waals surface area contributed by atoms with Crippen LogP contribution in [-0.2, 0) is 6.54 Å². The molecule has 1 saturated heterocycles. The van der Waals surface area contributed by atoms with Crippen molar-refractivity contribution in [3.8, 4) is 0 Å². The summed E-state index contributed by atoms with van der Waals surface area (Å²) < 4.78 is 0. The van der Waals surface area contributed by atoms with Gasteiger partial charge in [-0.3, -0.25) is 15.1 Å². The Hall–Kier alpha value is -2.11. The molecule has 0 unspecified atom stereocenters. The van der Waals surface area contributed by atoms with Crippen LogP contribution in [0.15, 0.2) is 30.4 Å². The largest absolute Gasteiger partial charge is 0.365 e. The second-order valence-electron chi connectivity index (χ2n) is 3.96. The monoisotopic (exact) mass is 234 g/mol. The lowest BCUT2D eigenvalue weighted by Crippen LogP contribution is -2.20. The van der Waals surface area contributed by atoms with Gasteiger partial charge in [0.05, 0.1) is 4.92 Å². The molecule has 0 saturated carbocycles. The first-order valence-corrected chi connectivity index (χ1v) is 5.41. The van der Waals surface area contributed by atoms with Gasteiger partial charge < -0.3 is 10.2 Å². The molecule has 0 radical (unpaired) electrons. The van der Waals surface area contributed by atoms with Gasteiger partial charge >= 0.3 is 0 Å². The molecule has 6 nitrogen and oxygen atoms in total. The van der Waals surface area contributed by atoms with Gasteiger partial charge in [0.1, 0.15) is 0 Å². The maximum atomic E-state index is 10.4. The van der Waals surface area contributed by atoms with E-state index in [1.807, 2.05) is 24.0 Å². The zero-order valence-electron chi connectivity index (χ0n) is 9.59. The Labute approximate surface area is 99.1 Å². The maximum Gasteiger partial charge on any atom is 0.274 e. The molecule has 1 aromatic heterocycles. The zero-order chi connectivity index (χ0) is 12.3. The van der Waals surface area contributed by atoms with Crippen LogP contribution in [-0.4, -0.2) is 27.9 Å². The van der Waals surface area contributed by atoms with E-state index in [2.05, 4.69) is 10.3 Å². The molecule has 2 rings (SSSR count). The average molecular weight is 234 g/mol. The predicted octanol–water partition coefficient (Wildman–Crippen LogP) is 0.871. The molecular weight excluding hydrogens is 220 g/mol. The number of nitro groups is 1. The SMILES string of the molecule is Cc1ccc(CN2CCNC2=C[N+](=O)[O-])cn1. The van der Waals surface area contributed by atoms with E-state index in [0.29, 0.717) is 12.4 Å². The van der Waals surface area contributed by atoms with Gasteiger partial charge in [-0.05, 0) is 18.6 Å². The average Bonchev–Trinajstić information content (AvgIpc) is 2.68. The molecule has 1 aromatic rings. The number of nitrogens with zero attached hydrogens (tertiary/aromatic N) is 3. The minimum atomic E-state index is -0.436. The molecule has 0 aromatic carbocycles. The normalized spacial score (nSPS) is 17.2. The maximum absolute atomic E-state index is 10.4. The Bertz CT molecular complexity index is 441. The van der Waals surface area contributed by atoms with Crippen LogP contribution in [0.1, 0.15) is 11.3 Å². The predicted molar refractivity (Wildman–Crippen MR) is 62.5 cm³/mol. The van der Waals surface area contributed by atoms with E-state index in [1.54, 1.807) is 6.20 Å². The summed E-state index contributed by atoms with van der Waals surface area (Å²) in [4.78, 5) is 16.2. The van der Waals surface area contributed by atoms with Gasteiger partial charge in [0.15, 0.2) is 5.82 Å². The van der Waals surface area contributed by atoms with E-state index in [9.17, 15) is 10.1 Å². The van der Waals surface area contributed by atoms with Crippen molar-refractivity contribution in [2.24, 2.45) is 0 Å². The number of pyridine rings is 1. The summed E-state index contributed by atoms with van der Waals surface area (Å²) in [5.41, 5.74) is 2.02. The summed E-state index contributed by atoms with van der Waals surface area (Å²) >= 11 is 0. The van der Waals surface area contributed by atoms with E-state index >= 15 is 0 Å². The Morgan fingerprint density at radius 1 is 1.65 bits per heavy atom. The summed E-state index contributed by atoms with van der Waals surface area (Å²) in [6.45, 7) is 4.08. The van der Waals surface area contributed by atoms with Crippen LogP contribution >= 0.6 is 0 Å². The smallest absolute Gasteiger partial charge is 0.274 e.